The zero-order valence-electron chi connectivity index (χ0n) is 15.1. The van der Waals surface area contributed by atoms with Crippen LogP contribution in [0.5, 0.6) is 0 Å². The summed E-state index contributed by atoms with van der Waals surface area (Å²) in [5.41, 5.74) is 0.623. The molecule has 0 atom stereocenters. The van der Waals surface area contributed by atoms with Crippen LogP contribution in [0.3, 0.4) is 0 Å². The molecule has 4 aromatic rings. The summed E-state index contributed by atoms with van der Waals surface area (Å²) in [7, 11) is 0. The second kappa shape index (κ2) is 7.68. The summed E-state index contributed by atoms with van der Waals surface area (Å²) in [6.45, 7) is 0. The molecular weight excluding hydrogens is 419 g/mol. The summed E-state index contributed by atoms with van der Waals surface area (Å²) in [4.78, 5) is 16.5. The molecule has 0 saturated heterocycles. The number of nitrogens with zero attached hydrogens (tertiary/aromatic N) is 3. The number of amides is 2. The number of nitrogens with one attached hydrogen (secondary N) is 2. The van der Waals surface area contributed by atoms with Crippen molar-refractivity contribution in [1.29, 1.82) is 0 Å². The molecule has 2 amide bonds. The Kier molecular flexibility index (Phi) is 5.04. The summed E-state index contributed by atoms with van der Waals surface area (Å²) in [5.74, 6) is 0.215. The SMILES string of the molecule is O=C(Nc1ccc(C(F)(F)F)cc1)Nc1ncccc1-n1ncc2c(Cl)cccc21. The molecular formula is C20H13ClF3N5O. The van der Waals surface area contributed by atoms with Crippen molar-refractivity contribution in [3.63, 3.8) is 0 Å². The number of fused-ring (bicyclic) bond motifs is 1. The van der Waals surface area contributed by atoms with Gasteiger partial charge in [0, 0.05) is 17.3 Å². The maximum absolute atomic E-state index is 12.7. The van der Waals surface area contributed by atoms with Crippen LogP contribution < -0.4 is 10.6 Å². The van der Waals surface area contributed by atoms with Gasteiger partial charge in [-0.1, -0.05) is 17.7 Å². The molecule has 0 aliphatic rings. The highest BCUT2D eigenvalue weighted by atomic mass is 35.5. The number of benzene rings is 2. The Morgan fingerprint density at radius 3 is 2.50 bits per heavy atom. The number of hydrogen-bond acceptors (Lipinski definition) is 3. The maximum atomic E-state index is 12.7. The molecule has 0 saturated carbocycles. The lowest BCUT2D eigenvalue weighted by atomic mass is 10.2. The number of halogens is 4. The fourth-order valence-corrected chi connectivity index (χ4v) is 3.10. The number of pyridine rings is 1. The van der Waals surface area contributed by atoms with Gasteiger partial charge in [0.2, 0.25) is 0 Å². The molecule has 2 aromatic heterocycles. The minimum Gasteiger partial charge on any atom is -0.308 e. The Bertz CT molecular complexity index is 1220. The van der Waals surface area contributed by atoms with Crippen LogP contribution >= 0.6 is 11.6 Å². The molecule has 6 nitrogen and oxygen atoms in total. The van der Waals surface area contributed by atoms with Crippen molar-refractivity contribution in [3.05, 3.63) is 77.6 Å². The fourth-order valence-electron chi connectivity index (χ4n) is 2.88. The number of aromatic nitrogens is 3. The number of rotatable bonds is 3. The fraction of sp³-hybridized carbons (Fsp3) is 0.0500. The molecule has 2 heterocycles. The van der Waals surface area contributed by atoms with Gasteiger partial charge >= 0.3 is 12.2 Å². The summed E-state index contributed by atoms with van der Waals surface area (Å²) in [6.07, 6.45) is -1.34. The third-order valence-electron chi connectivity index (χ3n) is 4.28. The summed E-state index contributed by atoms with van der Waals surface area (Å²) < 4.78 is 39.6. The first-order valence-corrected chi connectivity index (χ1v) is 9.03. The molecule has 30 heavy (non-hydrogen) atoms. The zero-order valence-corrected chi connectivity index (χ0v) is 15.9. The van der Waals surface area contributed by atoms with Gasteiger partial charge in [0.05, 0.1) is 22.3 Å². The van der Waals surface area contributed by atoms with Gasteiger partial charge in [-0.2, -0.15) is 18.3 Å². The molecule has 10 heteroatoms. The van der Waals surface area contributed by atoms with E-state index in [-0.39, 0.29) is 11.5 Å². The predicted octanol–water partition coefficient (Wildman–Crippen LogP) is 5.74. The molecule has 152 valence electrons. The smallest absolute Gasteiger partial charge is 0.308 e. The normalized spacial score (nSPS) is 11.5. The van der Waals surface area contributed by atoms with Gasteiger partial charge in [-0.25, -0.2) is 14.5 Å². The molecule has 0 aliphatic heterocycles. The van der Waals surface area contributed by atoms with Gasteiger partial charge in [0.15, 0.2) is 5.82 Å². The highest BCUT2D eigenvalue weighted by molar-refractivity contribution is 6.35. The Balaban J connectivity index is 1.57. The van der Waals surface area contributed by atoms with Gasteiger partial charge in [0.1, 0.15) is 5.69 Å². The third kappa shape index (κ3) is 3.92. The van der Waals surface area contributed by atoms with Gasteiger partial charge in [0.25, 0.3) is 0 Å². The number of carbonyl (C=O) groups excluding carboxylic acids is 1. The zero-order chi connectivity index (χ0) is 21.3. The minimum atomic E-state index is -4.45. The molecule has 2 aromatic carbocycles. The van der Waals surface area contributed by atoms with E-state index in [4.69, 9.17) is 11.6 Å². The van der Waals surface area contributed by atoms with Gasteiger partial charge < -0.3 is 5.32 Å². The first-order valence-electron chi connectivity index (χ1n) is 8.66. The molecule has 0 aliphatic carbocycles. The minimum absolute atomic E-state index is 0.203. The van der Waals surface area contributed by atoms with E-state index in [1.165, 1.54) is 18.3 Å². The van der Waals surface area contributed by atoms with E-state index in [9.17, 15) is 18.0 Å². The molecule has 0 bridgehead atoms. The molecule has 0 spiro atoms. The first kappa shape index (κ1) is 19.7. The predicted molar refractivity (Wildman–Crippen MR) is 108 cm³/mol. The van der Waals surface area contributed by atoms with Crippen LogP contribution in [0, 0.1) is 0 Å². The monoisotopic (exact) mass is 431 g/mol. The highest BCUT2D eigenvalue weighted by Crippen LogP contribution is 2.30. The van der Waals surface area contributed by atoms with Crippen LogP contribution in [0.1, 0.15) is 5.56 Å². The van der Waals surface area contributed by atoms with E-state index >= 15 is 0 Å². The number of urea groups is 1. The third-order valence-corrected chi connectivity index (χ3v) is 4.61. The quantitative estimate of drug-likeness (QED) is 0.434. The topological polar surface area (TPSA) is 71.8 Å². The average Bonchev–Trinajstić information content (AvgIpc) is 3.13. The van der Waals surface area contributed by atoms with E-state index in [1.807, 2.05) is 6.07 Å². The van der Waals surface area contributed by atoms with Crippen LogP contribution in [0.2, 0.25) is 5.02 Å². The van der Waals surface area contributed by atoms with Crippen LogP contribution in [0.25, 0.3) is 16.6 Å². The Hall–Kier alpha value is -3.59. The van der Waals surface area contributed by atoms with Crippen LogP contribution in [-0.4, -0.2) is 20.8 Å². The van der Waals surface area contributed by atoms with Crippen LogP contribution in [0.4, 0.5) is 29.5 Å². The second-order valence-corrected chi connectivity index (χ2v) is 6.66. The van der Waals surface area contributed by atoms with Gasteiger partial charge in [-0.15, -0.1) is 0 Å². The first-order chi connectivity index (χ1) is 14.3. The van der Waals surface area contributed by atoms with Crippen molar-refractivity contribution in [2.75, 3.05) is 10.6 Å². The summed E-state index contributed by atoms with van der Waals surface area (Å²) in [6, 6.07) is 12.2. The number of hydrogen-bond donors (Lipinski definition) is 2. The molecule has 0 fully saturated rings. The Morgan fingerprint density at radius 1 is 1.00 bits per heavy atom. The standard InChI is InChI=1S/C20H13ClF3N5O/c21-15-3-1-4-16-14(15)11-26-29(16)17-5-2-10-25-18(17)28-19(30)27-13-8-6-12(7-9-13)20(22,23)24/h1-11H,(H2,25,27,28,30). The number of carbonyl (C=O) groups is 1. The number of alkyl halides is 3. The van der Waals surface area contributed by atoms with E-state index in [0.717, 1.165) is 23.0 Å². The van der Waals surface area contributed by atoms with E-state index in [0.29, 0.717) is 10.7 Å². The number of anilines is 2. The van der Waals surface area contributed by atoms with E-state index < -0.39 is 17.8 Å². The van der Waals surface area contributed by atoms with Gasteiger partial charge in [-0.3, -0.25) is 5.32 Å². The lowest BCUT2D eigenvalue weighted by molar-refractivity contribution is -0.137. The maximum Gasteiger partial charge on any atom is 0.416 e. The Morgan fingerprint density at radius 2 is 1.77 bits per heavy atom. The van der Waals surface area contributed by atoms with Crippen molar-refractivity contribution in [2.45, 2.75) is 6.18 Å². The highest BCUT2D eigenvalue weighted by Gasteiger charge is 2.30. The van der Waals surface area contributed by atoms with E-state index in [1.54, 1.807) is 35.1 Å². The van der Waals surface area contributed by atoms with Crippen molar-refractivity contribution in [2.24, 2.45) is 0 Å². The van der Waals surface area contributed by atoms with Crippen molar-refractivity contribution in [3.8, 4) is 5.69 Å². The summed E-state index contributed by atoms with van der Waals surface area (Å²) in [5, 5.41) is 10.7. The average molecular weight is 432 g/mol. The largest absolute Gasteiger partial charge is 0.416 e. The van der Waals surface area contributed by atoms with Crippen molar-refractivity contribution >= 4 is 40.0 Å². The van der Waals surface area contributed by atoms with E-state index in [2.05, 4.69) is 20.7 Å². The molecule has 2 N–H and O–H groups in total. The van der Waals surface area contributed by atoms with Crippen molar-refractivity contribution in [1.82, 2.24) is 14.8 Å². The molecule has 4 rings (SSSR count). The summed E-state index contributed by atoms with van der Waals surface area (Å²) >= 11 is 6.19. The van der Waals surface area contributed by atoms with Crippen LogP contribution in [0.15, 0.2) is 67.0 Å². The van der Waals surface area contributed by atoms with Gasteiger partial charge in [-0.05, 0) is 48.5 Å². The van der Waals surface area contributed by atoms with Crippen molar-refractivity contribution < 1.29 is 18.0 Å². The lowest BCUT2D eigenvalue weighted by Gasteiger charge is -2.12. The molecule has 0 radical (unpaired) electrons. The Labute approximate surface area is 173 Å². The second-order valence-electron chi connectivity index (χ2n) is 6.25. The van der Waals surface area contributed by atoms with Crippen LogP contribution in [-0.2, 0) is 6.18 Å². The molecule has 0 unspecified atom stereocenters. The lowest BCUT2D eigenvalue weighted by Crippen LogP contribution is -2.21.